The van der Waals surface area contributed by atoms with Crippen molar-refractivity contribution >= 4 is 17.7 Å². The van der Waals surface area contributed by atoms with E-state index in [1.807, 2.05) is 44.2 Å². The van der Waals surface area contributed by atoms with Crippen LogP contribution in [0.3, 0.4) is 0 Å². The van der Waals surface area contributed by atoms with Crippen molar-refractivity contribution in [2.24, 2.45) is 0 Å². The van der Waals surface area contributed by atoms with E-state index in [-0.39, 0.29) is 11.2 Å². The first-order valence-electron chi connectivity index (χ1n) is 8.33. The second-order valence-corrected chi connectivity index (χ2v) is 6.95. The molecule has 0 fully saturated rings. The summed E-state index contributed by atoms with van der Waals surface area (Å²) in [4.78, 5) is 12.5. The van der Waals surface area contributed by atoms with Crippen LogP contribution in [0.4, 0.5) is 0 Å². The second-order valence-electron chi connectivity index (χ2n) is 5.78. The van der Waals surface area contributed by atoms with Gasteiger partial charge in [0.05, 0.1) is 17.1 Å². The molecule has 0 saturated heterocycles. The number of rotatable bonds is 7. The molecule has 0 saturated carbocycles. The minimum atomic E-state index is -0.302. The van der Waals surface area contributed by atoms with Crippen molar-refractivity contribution in [3.63, 3.8) is 0 Å². The van der Waals surface area contributed by atoms with Gasteiger partial charge in [0.15, 0.2) is 5.82 Å². The van der Waals surface area contributed by atoms with Crippen molar-refractivity contribution in [1.29, 1.82) is 0 Å². The largest absolute Gasteiger partial charge is 0.469 e. The molecule has 2 aromatic heterocycles. The third-order valence-electron chi connectivity index (χ3n) is 3.98. The van der Waals surface area contributed by atoms with Gasteiger partial charge in [-0.15, -0.1) is 10.2 Å². The highest BCUT2D eigenvalue weighted by Crippen LogP contribution is 2.28. The number of nitrogen functional groups attached to an aromatic ring is 1. The van der Waals surface area contributed by atoms with E-state index in [0.717, 1.165) is 11.1 Å². The average Bonchev–Trinajstić information content (AvgIpc) is 3.23. The number of benzene rings is 1. The SMILES string of the molecule is CCC(Sc1nnc(-c2ccoc2C)n1N)C(=O)NCc1ccccc1. The monoisotopic (exact) mass is 371 g/mol. The van der Waals surface area contributed by atoms with Crippen LogP contribution < -0.4 is 11.2 Å². The second kappa shape index (κ2) is 8.09. The van der Waals surface area contributed by atoms with Crippen LogP contribution in [0.15, 0.2) is 52.2 Å². The Kier molecular flexibility index (Phi) is 5.62. The summed E-state index contributed by atoms with van der Waals surface area (Å²) in [6.07, 6.45) is 2.23. The van der Waals surface area contributed by atoms with E-state index in [0.29, 0.717) is 29.7 Å². The van der Waals surface area contributed by atoms with Gasteiger partial charge in [-0.05, 0) is 25.0 Å². The summed E-state index contributed by atoms with van der Waals surface area (Å²) in [5, 5.41) is 11.4. The van der Waals surface area contributed by atoms with Gasteiger partial charge in [0.1, 0.15) is 5.76 Å². The first kappa shape index (κ1) is 18.1. The molecule has 1 aromatic carbocycles. The average molecular weight is 371 g/mol. The molecule has 3 N–H and O–H groups in total. The number of carbonyl (C=O) groups is 1. The van der Waals surface area contributed by atoms with Gasteiger partial charge in [-0.2, -0.15) is 0 Å². The number of hydrogen-bond acceptors (Lipinski definition) is 6. The molecule has 8 heteroatoms. The van der Waals surface area contributed by atoms with Crippen LogP contribution in [0.1, 0.15) is 24.7 Å². The molecule has 3 aromatic rings. The Morgan fingerprint density at radius 3 is 2.73 bits per heavy atom. The molecule has 3 rings (SSSR count). The van der Waals surface area contributed by atoms with Crippen LogP contribution in [-0.2, 0) is 11.3 Å². The quantitative estimate of drug-likeness (QED) is 0.489. The van der Waals surface area contributed by atoms with Crippen LogP contribution in [0, 0.1) is 6.92 Å². The van der Waals surface area contributed by atoms with Crippen molar-refractivity contribution in [2.45, 2.75) is 37.2 Å². The summed E-state index contributed by atoms with van der Waals surface area (Å²) >= 11 is 1.30. The molecule has 1 atom stereocenters. The number of carbonyl (C=O) groups excluding carboxylic acids is 1. The van der Waals surface area contributed by atoms with E-state index in [2.05, 4.69) is 15.5 Å². The van der Waals surface area contributed by atoms with Gasteiger partial charge >= 0.3 is 0 Å². The van der Waals surface area contributed by atoms with Crippen molar-refractivity contribution in [3.8, 4) is 11.4 Å². The summed E-state index contributed by atoms with van der Waals surface area (Å²) in [6, 6.07) is 11.6. The van der Waals surface area contributed by atoms with Crippen LogP contribution >= 0.6 is 11.8 Å². The smallest absolute Gasteiger partial charge is 0.233 e. The maximum Gasteiger partial charge on any atom is 0.233 e. The summed E-state index contributed by atoms with van der Waals surface area (Å²) in [6.45, 7) is 4.28. The molecular weight excluding hydrogens is 350 g/mol. The third-order valence-corrected chi connectivity index (χ3v) is 5.31. The molecule has 26 heavy (non-hydrogen) atoms. The molecule has 1 unspecified atom stereocenters. The van der Waals surface area contributed by atoms with Crippen molar-refractivity contribution in [3.05, 3.63) is 54.0 Å². The van der Waals surface area contributed by atoms with E-state index in [1.54, 1.807) is 12.3 Å². The fraction of sp³-hybridized carbons (Fsp3) is 0.278. The van der Waals surface area contributed by atoms with Gasteiger partial charge in [-0.1, -0.05) is 49.0 Å². The van der Waals surface area contributed by atoms with Crippen molar-refractivity contribution < 1.29 is 9.21 Å². The zero-order valence-electron chi connectivity index (χ0n) is 14.7. The number of amides is 1. The zero-order valence-corrected chi connectivity index (χ0v) is 15.5. The fourth-order valence-corrected chi connectivity index (χ4v) is 3.41. The molecule has 2 heterocycles. The van der Waals surface area contributed by atoms with Gasteiger partial charge in [-0.3, -0.25) is 4.79 Å². The standard InChI is InChI=1S/C18H21N5O2S/c1-3-15(17(24)20-11-13-7-5-4-6-8-13)26-18-22-21-16(23(18)19)14-9-10-25-12(14)2/h4-10,15H,3,11,19H2,1-2H3,(H,20,24). The Balaban J connectivity index is 1.67. The van der Waals surface area contributed by atoms with E-state index < -0.39 is 0 Å². The highest BCUT2D eigenvalue weighted by atomic mass is 32.2. The molecule has 7 nitrogen and oxygen atoms in total. The van der Waals surface area contributed by atoms with Crippen molar-refractivity contribution in [1.82, 2.24) is 20.2 Å². The maximum absolute atomic E-state index is 12.5. The lowest BCUT2D eigenvalue weighted by Gasteiger charge is -2.14. The number of nitrogens with one attached hydrogen (secondary N) is 1. The summed E-state index contributed by atoms with van der Waals surface area (Å²) in [7, 11) is 0. The van der Waals surface area contributed by atoms with Gasteiger partial charge < -0.3 is 15.6 Å². The Hall–Kier alpha value is -2.74. The first-order chi connectivity index (χ1) is 12.6. The van der Waals surface area contributed by atoms with Crippen LogP contribution in [0.5, 0.6) is 0 Å². The summed E-state index contributed by atoms with van der Waals surface area (Å²) in [5.74, 6) is 7.31. The van der Waals surface area contributed by atoms with Crippen LogP contribution in [-0.4, -0.2) is 26.0 Å². The van der Waals surface area contributed by atoms with Gasteiger partial charge in [0.2, 0.25) is 11.1 Å². The fourth-order valence-electron chi connectivity index (χ4n) is 2.51. The Labute approximate surface area is 156 Å². The molecule has 0 aliphatic rings. The molecule has 0 radical (unpaired) electrons. The summed E-state index contributed by atoms with van der Waals surface area (Å²) < 4.78 is 6.69. The van der Waals surface area contributed by atoms with E-state index >= 15 is 0 Å². The zero-order chi connectivity index (χ0) is 18.5. The molecule has 0 aliphatic heterocycles. The third kappa shape index (κ3) is 3.91. The van der Waals surface area contributed by atoms with Crippen LogP contribution in [0.25, 0.3) is 11.4 Å². The van der Waals surface area contributed by atoms with Gasteiger partial charge in [-0.25, -0.2) is 4.68 Å². The predicted molar refractivity (Wildman–Crippen MR) is 101 cm³/mol. The molecular formula is C18H21N5O2S. The molecule has 0 bridgehead atoms. The minimum Gasteiger partial charge on any atom is -0.469 e. The van der Waals surface area contributed by atoms with Crippen molar-refractivity contribution in [2.75, 3.05) is 5.84 Å². The number of nitrogens with zero attached hydrogens (tertiary/aromatic N) is 3. The topological polar surface area (TPSA) is 99.0 Å². The number of aryl methyl sites for hydroxylation is 1. The van der Waals surface area contributed by atoms with Gasteiger partial charge in [0.25, 0.3) is 0 Å². The van der Waals surface area contributed by atoms with Gasteiger partial charge in [0, 0.05) is 6.54 Å². The Morgan fingerprint density at radius 2 is 2.08 bits per heavy atom. The lowest BCUT2D eigenvalue weighted by molar-refractivity contribution is -0.120. The number of thioether (sulfide) groups is 1. The Morgan fingerprint density at radius 1 is 1.31 bits per heavy atom. The normalized spacial score (nSPS) is 12.1. The van der Waals surface area contributed by atoms with E-state index in [4.69, 9.17) is 10.3 Å². The molecule has 0 spiro atoms. The number of aromatic nitrogens is 3. The highest BCUT2D eigenvalue weighted by Gasteiger charge is 2.23. The first-order valence-corrected chi connectivity index (χ1v) is 9.21. The summed E-state index contributed by atoms with van der Waals surface area (Å²) in [5.41, 5.74) is 1.84. The molecule has 136 valence electrons. The molecule has 1 amide bonds. The number of furan rings is 1. The van der Waals surface area contributed by atoms with Crippen LogP contribution in [0.2, 0.25) is 0 Å². The lowest BCUT2D eigenvalue weighted by Crippen LogP contribution is -2.32. The number of nitrogens with two attached hydrogens (primary N) is 1. The maximum atomic E-state index is 12.5. The highest BCUT2D eigenvalue weighted by molar-refractivity contribution is 8.00. The predicted octanol–water partition coefficient (Wildman–Crippen LogP) is 2.75. The number of hydrogen-bond donors (Lipinski definition) is 2. The van der Waals surface area contributed by atoms with E-state index in [9.17, 15) is 4.79 Å². The lowest BCUT2D eigenvalue weighted by atomic mass is 10.2. The van der Waals surface area contributed by atoms with E-state index in [1.165, 1.54) is 16.4 Å². The molecule has 0 aliphatic carbocycles. The minimum absolute atomic E-state index is 0.0506. The Bertz CT molecular complexity index is 875.